The number of rotatable bonds is 4. The molecule has 1 N–H and O–H groups in total. The molecule has 0 aliphatic rings. The van der Waals surface area contributed by atoms with Gasteiger partial charge in [-0.05, 0) is 6.42 Å². The molecule has 0 heterocycles. The van der Waals surface area contributed by atoms with E-state index in [1.54, 1.807) is 6.20 Å². The lowest BCUT2D eigenvalue weighted by atomic mass is 10.3. The van der Waals surface area contributed by atoms with Crippen LogP contribution in [-0.4, -0.2) is 6.54 Å². The van der Waals surface area contributed by atoms with E-state index in [-0.39, 0.29) is 0 Å². The second kappa shape index (κ2) is 7.03. The minimum atomic E-state index is 0.967. The van der Waals surface area contributed by atoms with Crippen LogP contribution in [0.2, 0.25) is 0 Å². The lowest BCUT2D eigenvalue weighted by Crippen LogP contribution is -2.05. The standard InChI is InChI=1S/C7H12N2/c1-2-3-6-9-7-4-5-8/h4,7,9H,2-3,6H2,1H3. The third-order valence-electron chi connectivity index (χ3n) is 0.950. The number of hydrogen-bond donors (Lipinski definition) is 1. The van der Waals surface area contributed by atoms with Crippen molar-refractivity contribution >= 4 is 0 Å². The van der Waals surface area contributed by atoms with Crippen LogP contribution in [0.25, 0.3) is 0 Å². The molecule has 0 unspecified atom stereocenters. The van der Waals surface area contributed by atoms with Crippen LogP contribution in [0.15, 0.2) is 12.3 Å². The molecule has 0 aromatic carbocycles. The Balaban J connectivity index is 2.93. The maximum absolute atomic E-state index is 8.05. The van der Waals surface area contributed by atoms with Crippen LogP contribution in [0.1, 0.15) is 19.8 Å². The van der Waals surface area contributed by atoms with E-state index in [0.717, 1.165) is 13.0 Å². The highest BCUT2D eigenvalue weighted by Gasteiger charge is 1.76. The fourth-order valence-corrected chi connectivity index (χ4v) is 0.458. The molecule has 0 spiro atoms. The van der Waals surface area contributed by atoms with Gasteiger partial charge < -0.3 is 5.32 Å². The van der Waals surface area contributed by atoms with Crippen molar-refractivity contribution in [3.05, 3.63) is 12.3 Å². The minimum absolute atomic E-state index is 0.967. The van der Waals surface area contributed by atoms with Gasteiger partial charge in [0.15, 0.2) is 0 Å². The van der Waals surface area contributed by atoms with Crippen LogP contribution in [0.5, 0.6) is 0 Å². The van der Waals surface area contributed by atoms with E-state index in [1.165, 1.54) is 12.5 Å². The summed E-state index contributed by atoms with van der Waals surface area (Å²) in [6.45, 7) is 3.10. The van der Waals surface area contributed by atoms with E-state index in [1.807, 2.05) is 6.07 Å². The first kappa shape index (κ1) is 8.03. The number of nitrogens with zero attached hydrogens (tertiary/aromatic N) is 1. The van der Waals surface area contributed by atoms with Gasteiger partial charge in [-0.1, -0.05) is 13.3 Å². The predicted octanol–water partition coefficient (Wildman–Crippen LogP) is 1.41. The maximum atomic E-state index is 8.05. The highest BCUT2D eigenvalue weighted by atomic mass is 14.8. The Morgan fingerprint density at radius 1 is 1.67 bits per heavy atom. The maximum Gasteiger partial charge on any atom is 0.0927 e. The van der Waals surface area contributed by atoms with Gasteiger partial charge in [0.2, 0.25) is 0 Å². The number of allylic oxidation sites excluding steroid dienone is 1. The van der Waals surface area contributed by atoms with Crippen molar-refractivity contribution in [1.29, 1.82) is 5.26 Å². The Kier molecular flexibility index (Phi) is 6.27. The van der Waals surface area contributed by atoms with Crippen LogP contribution in [0, 0.1) is 11.3 Å². The second-order valence-electron chi connectivity index (χ2n) is 1.77. The molecule has 0 aliphatic carbocycles. The van der Waals surface area contributed by atoms with Gasteiger partial charge in [-0.2, -0.15) is 5.26 Å². The Bertz CT molecular complexity index is 111. The number of nitriles is 1. The Hall–Kier alpha value is -0.970. The van der Waals surface area contributed by atoms with Crippen molar-refractivity contribution < 1.29 is 0 Å². The smallest absolute Gasteiger partial charge is 0.0927 e. The third-order valence-corrected chi connectivity index (χ3v) is 0.950. The average molecular weight is 124 g/mol. The zero-order valence-corrected chi connectivity index (χ0v) is 5.72. The summed E-state index contributed by atoms with van der Waals surface area (Å²) in [6, 6.07) is 1.90. The quantitative estimate of drug-likeness (QED) is 0.454. The molecular formula is C7H12N2. The van der Waals surface area contributed by atoms with Crippen molar-refractivity contribution in [1.82, 2.24) is 5.32 Å². The highest BCUT2D eigenvalue weighted by molar-refractivity contribution is 5.00. The zero-order valence-electron chi connectivity index (χ0n) is 5.72. The lowest BCUT2D eigenvalue weighted by molar-refractivity contribution is 0.735. The van der Waals surface area contributed by atoms with E-state index in [4.69, 9.17) is 5.26 Å². The topological polar surface area (TPSA) is 35.8 Å². The molecule has 0 amide bonds. The van der Waals surface area contributed by atoms with E-state index >= 15 is 0 Å². The summed E-state index contributed by atoms with van der Waals surface area (Å²) >= 11 is 0. The van der Waals surface area contributed by atoms with Crippen molar-refractivity contribution in [2.75, 3.05) is 6.54 Å². The molecule has 0 bridgehead atoms. The fourth-order valence-electron chi connectivity index (χ4n) is 0.458. The molecule has 0 aliphatic heterocycles. The molecule has 0 aromatic heterocycles. The van der Waals surface area contributed by atoms with E-state index in [9.17, 15) is 0 Å². The molecule has 2 nitrogen and oxygen atoms in total. The molecule has 2 heteroatoms. The first-order valence-corrected chi connectivity index (χ1v) is 3.19. The minimum Gasteiger partial charge on any atom is -0.390 e. The van der Waals surface area contributed by atoms with Gasteiger partial charge in [0.05, 0.1) is 6.07 Å². The second-order valence-corrected chi connectivity index (χ2v) is 1.77. The van der Waals surface area contributed by atoms with E-state index in [2.05, 4.69) is 12.2 Å². The van der Waals surface area contributed by atoms with Crippen LogP contribution in [0.4, 0.5) is 0 Å². The molecule has 0 radical (unpaired) electrons. The first-order valence-electron chi connectivity index (χ1n) is 3.19. The highest BCUT2D eigenvalue weighted by Crippen LogP contribution is 1.81. The largest absolute Gasteiger partial charge is 0.390 e. The Morgan fingerprint density at radius 2 is 2.44 bits per heavy atom. The van der Waals surface area contributed by atoms with Crippen molar-refractivity contribution in [3.8, 4) is 6.07 Å². The number of nitrogens with one attached hydrogen (secondary N) is 1. The SMILES string of the molecule is CCCCNC=CC#N. The zero-order chi connectivity index (χ0) is 6.95. The number of hydrogen-bond acceptors (Lipinski definition) is 2. The van der Waals surface area contributed by atoms with Crippen LogP contribution in [-0.2, 0) is 0 Å². The van der Waals surface area contributed by atoms with E-state index in [0.29, 0.717) is 0 Å². The van der Waals surface area contributed by atoms with Crippen molar-refractivity contribution in [2.24, 2.45) is 0 Å². The molecule has 0 aromatic rings. The monoisotopic (exact) mass is 124 g/mol. The molecule has 9 heavy (non-hydrogen) atoms. The van der Waals surface area contributed by atoms with E-state index < -0.39 is 0 Å². The molecule has 0 saturated heterocycles. The average Bonchev–Trinajstić information content (AvgIpc) is 1.89. The van der Waals surface area contributed by atoms with Crippen molar-refractivity contribution in [3.63, 3.8) is 0 Å². The molecule has 0 fully saturated rings. The summed E-state index contributed by atoms with van der Waals surface area (Å²) in [5.41, 5.74) is 0. The molecular weight excluding hydrogens is 112 g/mol. The fraction of sp³-hybridized carbons (Fsp3) is 0.571. The van der Waals surface area contributed by atoms with Gasteiger partial charge in [-0.3, -0.25) is 0 Å². The molecule has 0 saturated carbocycles. The normalized spacial score (nSPS) is 9.33. The van der Waals surface area contributed by atoms with Gasteiger partial charge in [0.25, 0.3) is 0 Å². The van der Waals surface area contributed by atoms with Crippen LogP contribution >= 0.6 is 0 Å². The summed E-state index contributed by atoms with van der Waals surface area (Å²) < 4.78 is 0. The summed E-state index contributed by atoms with van der Waals surface area (Å²) in [6.07, 6.45) is 5.47. The van der Waals surface area contributed by atoms with Gasteiger partial charge in [0, 0.05) is 18.8 Å². The van der Waals surface area contributed by atoms with Crippen LogP contribution < -0.4 is 5.32 Å². The Morgan fingerprint density at radius 3 is 3.00 bits per heavy atom. The summed E-state index contributed by atoms with van der Waals surface area (Å²) in [5, 5.41) is 11.0. The summed E-state index contributed by atoms with van der Waals surface area (Å²) in [4.78, 5) is 0. The lowest BCUT2D eigenvalue weighted by Gasteiger charge is -1.94. The molecule has 50 valence electrons. The van der Waals surface area contributed by atoms with Gasteiger partial charge >= 0.3 is 0 Å². The molecule has 0 rings (SSSR count). The molecule has 0 atom stereocenters. The van der Waals surface area contributed by atoms with Gasteiger partial charge in [0.1, 0.15) is 0 Å². The summed E-state index contributed by atoms with van der Waals surface area (Å²) in [7, 11) is 0. The summed E-state index contributed by atoms with van der Waals surface area (Å²) in [5.74, 6) is 0. The number of unbranched alkanes of at least 4 members (excludes halogenated alkanes) is 1. The van der Waals surface area contributed by atoms with Crippen LogP contribution in [0.3, 0.4) is 0 Å². The van der Waals surface area contributed by atoms with Gasteiger partial charge in [-0.15, -0.1) is 0 Å². The van der Waals surface area contributed by atoms with Gasteiger partial charge in [-0.25, -0.2) is 0 Å². The first-order chi connectivity index (χ1) is 4.41. The third kappa shape index (κ3) is 7.03. The predicted molar refractivity (Wildman–Crippen MR) is 37.7 cm³/mol. The Labute approximate surface area is 56.2 Å². The van der Waals surface area contributed by atoms with Crippen molar-refractivity contribution in [2.45, 2.75) is 19.8 Å².